The second-order valence-electron chi connectivity index (χ2n) is 6.59. The van der Waals surface area contributed by atoms with Crippen LogP contribution in [-0.4, -0.2) is 31.3 Å². The van der Waals surface area contributed by atoms with Gasteiger partial charge in [-0.05, 0) is 25.0 Å². The van der Waals surface area contributed by atoms with Crippen LogP contribution >= 0.6 is 0 Å². The molecule has 6 heteroatoms. The summed E-state index contributed by atoms with van der Waals surface area (Å²) in [4.78, 5) is 9.52. The molecule has 1 aliphatic carbocycles. The molecule has 4 rings (SSSR count). The van der Waals surface area contributed by atoms with Crippen molar-refractivity contribution < 1.29 is 14.2 Å². The van der Waals surface area contributed by atoms with Crippen LogP contribution in [0.5, 0.6) is 17.2 Å². The molecule has 3 aromatic rings. The van der Waals surface area contributed by atoms with E-state index in [9.17, 15) is 0 Å². The maximum atomic E-state index is 5.55. The molecule has 6 nitrogen and oxygen atoms in total. The number of ether oxygens (including phenoxy) is 3. The fourth-order valence-electron chi connectivity index (χ4n) is 3.18. The van der Waals surface area contributed by atoms with Crippen LogP contribution < -0.4 is 19.5 Å². The quantitative estimate of drug-likeness (QED) is 0.679. The van der Waals surface area contributed by atoms with Gasteiger partial charge in [0.25, 0.3) is 0 Å². The summed E-state index contributed by atoms with van der Waals surface area (Å²) in [6.07, 6.45) is 2.33. The lowest BCUT2D eigenvalue weighted by Crippen LogP contribution is -2.08. The van der Waals surface area contributed by atoms with Crippen LogP contribution in [0.25, 0.3) is 10.9 Å². The number of hydrogen-bond acceptors (Lipinski definition) is 6. The van der Waals surface area contributed by atoms with E-state index in [1.165, 1.54) is 0 Å². The van der Waals surface area contributed by atoms with E-state index in [0.717, 1.165) is 41.0 Å². The molecule has 0 radical (unpaired) electrons. The summed E-state index contributed by atoms with van der Waals surface area (Å²) in [5, 5.41) is 4.47. The number of methoxy groups -OCH3 is 3. The van der Waals surface area contributed by atoms with Gasteiger partial charge >= 0.3 is 0 Å². The van der Waals surface area contributed by atoms with Crippen molar-refractivity contribution in [3.8, 4) is 17.2 Å². The van der Waals surface area contributed by atoms with Crippen LogP contribution in [0.1, 0.15) is 30.1 Å². The van der Waals surface area contributed by atoms with Crippen LogP contribution in [0.15, 0.2) is 36.4 Å². The van der Waals surface area contributed by atoms with Crippen molar-refractivity contribution in [3.63, 3.8) is 0 Å². The normalized spacial score (nSPS) is 13.4. The summed E-state index contributed by atoms with van der Waals surface area (Å²) < 4.78 is 16.4. The van der Waals surface area contributed by atoms with Crippen LogP contribution in [0, 0.1) is 0 Å². The molecule has 1 saturated carbocycles. The van der Waals surface area contributed by atoms with Gasteiger partial charge in [0.05, 0.1) is 32.4 Å². The van der Waals surface area contributed by atoms with Gasteiger partial charge in [-0.2, -0.15) is 0 Å². The molecule has 2 aromatic carbocycles. The Hall–Kier alpha value is -3.02. The lowest BCUT2D eigenvalue weighted by atomic mass is 10.1. The van der Waals surface area contributed by atoms with Gasteiger partial charge in [-0.3, -0.25) is 0 Å². The predicted octanol–water partition coefficient (Wildman–Crippen LogP) is 4.15. The summed E-state index contributed by atoms with van der Waals surface area (Å²) in [6, 6.07) is 11.8. The number of aromatic nitrogens is 2. The van der Waals surface area contributed by atoms with Gasteiger partial charge in [0.1, 0.15) is 28.9 Å². The zero-order valence-corrected chi connectivity index (χ0v) is 15.8. The smallest absolute Gasteiger partial charge is 0.137 e. The Morgan fingerprint density at radius 1 is 0.963 bits per heavy atom. The number of hydrogen-bond donors (Lipinski definition) is 1. The predicted molar refractivity (Wildman–Crippen MR) is 105 cm³/mol. The van der Waals surface area contributed by atoms with Crippen molar-refractivity contribution in [2.24, 2.45) is 0 Å². The maximum absolute atomic E-state index is 5.55. The van der Waals surface area contributed by atoms with E-state index >= 15 is 0 Å². The molecule has 1 N–H and O–H groups in total. The van der Waals surface area contributed by atoms with Gasteiger partial charge in [0.15, 0.2) is 0 Å². The first-order valence-corrected chi connectivity index (χ1v) is 9.03. The van der Waals surface area contributed by atoms with Crippen LogP contribution in [0.2, 0.25) is 0 Å². The third-order valence-corrected chi connectivity index (χ3v) is 4.81. The minimum Gasteiger partial charge on any atom is -0.496 e. The van der Waals surface area contributed by atoms with Crippen molar-refractivity contribution in [1.82, 2.24) is 9.97 Å². The molecule has 1 fully saturated rings. The average molecular weight is 365 g/mol. The van der Waals surface area contributed by atoms with E-state index in [0.29, 0.717) is 29.7 Å². The summed E-state index contributed by atoms with van der Waals surface area (Å²) >= 11 is 0. The molecule has 0 unspecified atom stereocenters. The molecule has 0 bridgehead atoms. The van der Waals surface area contributed by atoms with Crippen molar-refractivity contribution in [3.05, 3.63) is 47.8 Å². The van der Waals surface area contributed by atoms with Crippen molar-refractivity contribution >= 4 is 16.7 Å². The summed E-state index contributed by atoms with van der Waals surface area (Å²) in [6.45, 7) is 0.515. The highest BCUT2D eigenvalue weighted by molar-refractivity contribution is 5.89. The number of anilines is 1. The minimum atomic E-state index is 0.486. The first kappa shape index (κ1) is 17.4. The molecule has 0 saturated heterocycles. The lowest BCUT2D eigenvalue weighted by molar-refractivity contribution is 0.369. The highest BCUT2D eigenvalue weighted by Gasteiger charge is 2.27. The van der Waals surface area contributed by atoms with E-state index in [4.69, 9.17) is 24.2 Å². The van der Waals surface area contributed by atoms with Gasteiger partial charge in [-0.1, -0.05) is 12.1 Å². The molecule has 0 spiro atoms. The standard InChI is InChI=1S/C21H23N3O3/c1-25-14-10-18(26-2)16(19(11-14)27-3)12-22-21-15-6-4-5-7-17(15)23-20(24-21)13-8-9-13/h4-7,10-11,13H,8-9,12H2,1-3H3,(H,22,23,24). The Morgan fingerprint density at radius 2 is 1.67 bits per heavy atom. The van der Waals surface area contributed by atoms with E-state index in [1.807, 2.05) is 36.4 Å². The molecule has 0 aliphatic heterocycles. The third-order valence-electron chi connectivity index (χ3n) is 4.81. The molecular weight excluding hydrogens is 342 g/mol. The number of benzene rings is 2. The number of nitrogens with zero attached hydrogens (tertiary/aromatic N) is 2. The molecule has 1 aromatic heterocycles. The Kier molecular flexibility index (Phi) is 4.71. The highest BCUT2D eigenvalue weighted by Crippen LogP contribution is 2.40. The number of nitrogens with one attached hydrogen (secondary N) is 1. The van der Waals surface area contributed by atoms with Crippen molar-refractivity contribution in [2.75, 3.05) is 26.6 Å². The van der Waals surface area contributed by atoms with E-state index in [1.54, 1.807) is 21.3 Å². The van der Waals surface area contributed by atoms with E-state index < -0.39 is 0 Å². The maximum Gasteiger partial charge on any atom is 0.137 e. The SMILES string of the molecule is COc1cc(OC)c(CNc2nc(C3CC3)nc3ccccc23)c(OC)c1. The summed E-state index contributed by atoms with van der Waals surface area (Å²) in [5.41, 5.74) is 1.88. The van der Waals surface area contributed by atoms with Gasteiger partial charge in [-0.15, -0.1) is 0 Å². The van der Waals surface area contributed by atoms with Crippen molar-refractivity contribution in [1.29, 1.82) is 0 Å². The molecule has 140 valence electrons. The second kappa shape index (κ2) is 7.31. The highest BCUT2D eigenvalue weighted by atomic mass is 16.5. The second-order valence-corrected chi connectivity index (χ2v) is 6.59. The largest absolute Gasteiger partial charge is 0.496 e. The molecule has 1 aliphatic rings. The van der Waals surface area contributed by atoms with Gasteiger partial charge in [0.2, 0.25) is 0 Å². The molecule has 1 heterocycles. The molecular formula is C21H23N3O3. The van der Waals surface area contributed by atoms with Crippen LogP contribution in [0.3, 0.4) is 0 Å². The zero-order valence-electron chi connectivity index (χ0n) is 15.8. The van der Waals surface area contributed by atoms with E-state index in [-0.39, 0.29) is 0 Å². The number of rotatable bonds is 7. The van der Waals surface area contributed by atoms with Crippen LogP contribution in [0.4, 0.5) is 5.82 Å². The molecule has 27 heavy (non-hydrogen) atoms. The van der Waals surface area contributed by atoms with Gasteiger partial charge in [0, 0.05) is 30.0 Å². The van der Waals surface area contributed by atoms with Gasteiger partial charge < -0.3 is 19.5 Å². The summed E-state index contributed by atoms with van der Waals surface area (Å²) in [7, 11) is 4.91. The Bertz CT molecular complexity index is 945. The lowest BCUT2D eigenvalue weighted by Gasteiger charge is -2.16. The molecule has 0 atom stereocenters. The Labute approximate surface area is 158 Å². The van der Waals surface area contributed by atoms with E-state index in [2.05, 4.69) is 5.32 Å². The Balaban J connectivity index is 1.69. The monoisotopic (exact) mass is 365 g/mol. The Morgan fingerprint density at radius 3 is 2.30 bits per heavy atom. The first-order chi connectivity index (χ1) is 13.2. The summed E-state index contributed by atoms with van der Waals surface area (Å²) in [5.74, 6) is 4.35. The molecule has 0 amide bonds. The number of para-hydroxylation sites is 1. The fraction of sp³-hybridized carbons (Fsp3) is 0.333. The van der Waals surface area contributed by atoms with Gasteiger partial charge in [-0.25, -0.2) is 9.97 Å². The third kappa shape index (κ3) is 3.47. The first-order valence-electron chi connectivity index (χ1n) is 9.03. The minimum absolute atomic E-state index is 0.486. The van der Waals surface area contributed by atoms with Crippen molar-refractivity contribution in [2.45, 2.75) is 25.3 Å². The fourth-order valence-corrected chi connectivity index (χ4v) is 3.18. The van der Waals surface area contributed by atoms with Crippen LogP contribution in [-0.2, 0) is 6.54 Å². The number of fused-ring (bicyclic) bond motifs is 1. The topological polar surface area (TPSA) is 65.5 Å². The zero-order chi connectivity index (χ0) is 18.8. The average Bonchev–Trinajstić information content (AvgIpc) is 3.56.